The molecule has 0 fully saturated rings. The third-order valence-electron chi connectivity index (χ3n) is 2.79. The molecular formula is C13H15N3O3. The van der Waals surface area contributed by atoms with Crippen LogP contribution in [0.25, 0.3) is 10.9 Å². The summed E-state index contributed by atoms with van der Waals surface area (Å²) in [6.45, 7) is 1.42. The summed E-state index contributed by atoms with van der Waals surface area (Å²) in [5.41, 5.74) is 1.28. The standard InChI is InChI=1S/C13H15N3O3/c1-19-9-3-8-14-11-5-6-12(16(17)18)13-10(11)4-2-7-15-13/h2,4-7,14H,3,8-9H2,1H3. The molecule has 6 nitrogen and oxygen atoms in total. The molecule has 6 heteroatoms. The number of aromatic nitrogens is 1. The Bertz CT molecular complexity index is 586. The van der Waals surface area contributed by atoms with Crippen molar-refractivity contribution in [1.82, 2.24) is 4.98 Å². The predicted molar refractivity (Wildman–Crippen MR) is 73.4 cm³/mol. The van der Waals surface area contributed by atoms with E-state index in [9.17, 15) is 10.1 Å². The number of anilines is 1. The van der Waals surface area contributed by atoms with Crippen LogP contribution in [0.2, 0.25) is 0 Å². The van der Waals surface area contributed by atoms with E-state index in [-0.39, 0.29) is 5.69 Å². The number of nitrogens with one attached hydrogen (secondary N) is 1. The second-order valence-electron chi connectivity index (χ2n) is 4.06. The highest BCUT2D eigenvalue weighted by Gasteiger charge is 2.14. The number of fused-ring (bicyclic) bond motifs is 1. The lowest BCUT2D eigenvalue weighted by atomic mass is 10.1. The number of benzene rings is 1. The Balaban J connectivity index is 2.30. The number of nitrogens with zero attached hydrogens (tertiary/aromatic N) is 2. The quantitative estimate of drug-likeness (QED) is 0.491. The maximum atomic E-state index is 11.0. The van der Waals surface area contributed by atoms with Crippen molar-refractivity contribution in [3.05, 3.63) is 40.6 Å². The van der Waals surface area contributed by atoms with Crippen molar-refractivity contribution in [3.8, 4) is 0 Å². The minimum atomic E-state index is -0.413. The molecule has 1 aromatic heterocycles. The molecule has 1 aromatic carbocycles. The molecule has 2 rings (SSSR count). The number of rotatable bonds is 6. The van der Waals surface area contributed by atoms with Crippen LogP contribution in [-0.2, 0) is 4.74 Å². The van der Waals surface area contributed by atoms with Crippen LogP contribution in [0.15, 0.2) is 30.5 Å². The fourth-order valence-corrected chi connectivity index (χ4v) is 1.90. The molecule has 0 saturated carbocycles. The number of nitro groups is 1. The van der Waals surface area contributed by atoms with Gasteiger partial charge in [0.25, 0.3) is 5.69 Å². The van der Waals surface area contributed by atoms with E-state index in [1.807, 2.05) is 6.07 Å². The number of pyridine rings is 1. The average molecular weight is 261 g/mol. The van der Waals surface area contributed by atoms with Crippen LogP contribution in [0.4, 0.5) is 11.4 Å². The van der Waals surface area contributed by atoms with Crippen LogP contribution in [0, 0.1) is 10.1 Å². The van der Waals surface area contributed by atoms with Crippen molar-refractivity contribution in [2.75, 3.05) is 25.6 Å². The molecule has 0 atom stereocenters. The summed E-state index contributed by atoms with van der Waals surface area (Å²) < 4.78 is 4.98. The lowest BCUT2D eigenvalue weighted by molar-refractivity contribution is -0.383. The van der Waals surface area contributed by atoms with Crippen molar-refractivity contribution >= 4 is 22.3 Å². The van der Waals surface area contributed by atoms with Gasteiger partial charge in [0.2, 0.25) is 0 Å². The highest BCUT2D eigenvalue weighted by Crippen LogP contribution is 2.29. The lowest BCUT2D eigenvalue weighted by Gasteiger charge is -2.09. The van der Waals surface area contributed by atoms with E-state index < -0.39 is 4.92 Å². The first-order chi connectivity index (χ1) is 9.24. The number of hydrogen-bond donors (Lipinski definition) is 1. The Morgan fingerprint density at radius 3 is 3.00 bits per heavy atom. The number of non-ortho nitro benzene ring substituents is 1. The topological polar surface area (TPSA) is 77.3 Å². The van der Waals surface area contributed by atoms with Gasteiger partial charge >= 0.3 is 0 Å². The Hall–Kier alpha value is -2.21. The molecule has 0 aliphatic heterocycles. The van der Waals surface area contributed by atoms with Crippen molar-refractivity contribution in [2.45, 2.75) is 6.42 Å². The largest absolute Gasteiger partial charge is 0.385 e. The maximum Gasteiger partial charge on any atom is 0.295 e. The second kappa shape index (κ2) is 6.10. The zero-order valence-electron chi connectivity index (χ0n) is 10.6. The third-order valence-corrected chi connectivity index (χ3v) is 2.79. The SMILES string of the molecule is COCCCNc1ccc([N+](=O)[O-])c2ncccc12. The highest BCUT2D eigenvalue weighted by atomic mass is 16.6. The normalized spacial score (nSPS) is 10.6. The van der Waals surface area contributed by atoms with E-state index in [1.165, 1.54) is 6.07 Å². The number of ether oxygens (including phenoxy) is 1. The zero-order chi connectivity index (χ0) is 13.7. The van der Waals surface area contributed by atoms with E-state index in [0.29, 0.717) is 12.1 Å². The molecule has 19 heavy (non-hydrogen) atoms. The van der Waals surface area contributed by atoms with Gasteiger partial charge in [-0.1, -0.05) is 0 Å². The first kappa shape index (κ1) is 13.2. The molecule has 1 heterocycles. The number of methoxy groups -OCH3 is 1. The molecular weight excluding hydrogens is 246 g/mol. The van der Waals surface area contributed by atoms with Crippen molar-refractivity contribution in [1.29, 1.82) is 0 Å². The van der Waals surface area contributed by atoms with Crippen LogP contribution >= 0.6 is 0 Å². The lowest BCUT2D eigenvalue weighted by Crippen LogP contribution is -2.05. The summed E-state index contributed by atoms with van der Waals surface area (Å²) in [6, 6.07) is 6.79. The zero-order valence-corrected chi connectivity index (χ0v) is 10.6. The van der Waals surface area contributed by atoms with Gasteiger partial charge in [0.15, 0.2) is 0 Å². The Morgan fingerprint density at radius 2 is 2.26 bits per heavy atom. The van der Waals surface area contributed by atoms with Crippen molar-refractivity contribution < 1.29 is 9.66 Å². The van der Waals surface area contributed by atoms with Gasteiger partial charge in [-0.25, -0.2) is 4.98 Å². The first-order valence-electron chi connectivity index (χ1n) is 5.99. The van der Waals surface area contributed by atoms with Crippen molar-refractivity contribution in [3.63, 3.8) is 0 Å². The first-order valence-corrected chi connectivity index (χ1v) is 5.99. The van der Waals surface area contributed by atoms with E-state index in [2.05, 4.69) is 10.3 Å². The van der Waals surface area contributed by atoms with Gasteiger partial charge < -0.3 is 10.1 Å². The van der Waals surface area contributed by atoms with Gasteiger partial charge in [-0.15, -0.1) is 0 Å². The van der Waals surface area contributed by atoms with Crippen molar-refractivity contribution in [2.24, 2.45) is 0 Å². The van der Waals surface area contributed by atoms with E-state index in [1.54, 1.807) is 25.4 Å². The smallest absolute Gasteiger partial charge is 0.295 e. The Kier molecular flexibility index (Phi) is 4.25. The Labute approximate surface area is 110 Å². The van der Waals surface area contributed by atoms with E-state index in [0.717, 1.165) is 24.0 Å². The minimum Gasteiger partial charge on any atom is -0.385 e. The molecule has 1 N–H and O–H groups in total. The molecule has 0 aliphatic rings. The highest BCUT2D eigenvalue weighted by molar-refractivity contribution is 5.96. The number of nitro benzene ring substituents is 1. The molecule has 0 spiro atoms. The second-order valence-corrected chi connectivity index (χ2v) is 4.06. The summed E-state index contributed by atoms with van der Waals surface area (Å²) in [7, 11) is 1.66. The molecule has 0 radical (unpaired) electrons. The van der Waals surface area contributed by atoms with Crippen LogP contribution in [0.3, 0.4) is 0 Å². The van der Waals surface area contributed by atoms with Gasteiger partial charge in [0.05, 0.1) is 4.92 Å². The van der Waals surface area contributed by atoms with Crippen LogP contribution in [0.1, 0.15) is 6.42 Å². The van der Waals surface area contributed by atoms with Crippen LogP contribution in [0.5, 0.6) is 0 Å². The van der Waals surface area contributed by atoms with Crippen LogP contribution < -0.4 is 5.32 Å². The fourth-order valence-electron chi connectivity index (χ4n) is 1.90. The summed E-state index contributed by atoms with van der Waals surface area (Å²) in [5.74, 6) is 0. The number of hydrogen-bond acceptors (Lipinski definition) is 5. The third kappa shape index (κ3) is 2.97. The molecule has 0 amide bonds. The average Bonchev–Trinajstić information content (AvgIpc) is 2.43. The summed E-state index contributed by atoms with van der Waals surface area (Å²) in [6.07, 6.45) is 2.43. The molecule has 0 aliphatic carbocycles. The van der Waals surface area contributed by atoms with Gasteiger partial charge in [-0.05, 0) is 24.6 Å². The molecule has 0 unspecified atom stereocenters. The van der Waals surface area contributed by atoms with Gasteiger partial charge in [0.1, 0.15) is 5.52 Å². The van der Waals surface area contributed by atoms with E-state index in [4.69, 9.17) is 4.74 Å². The molecule has 2 aromatic rings. The molecule has 100 valence electrons. The van der Waals surface area contributed by atoms with Gasteiger partial charge in [-0.2, -0.15) is 0 Å². The monoisotopic (exact) mass is 261 g/mol. The Morgan fingerprint density at radius 1 is 1.42 bits per heavy atom. The van der Waals surface area contributed by atoms with Gasteiger partial charge in [-0.3, -0.25) is 10.1 Å². The minimum absolute atomic E-state index is 0.0260. The molecule has 0 bridgehead atoms. The summed E-state index contributed by atoms with van der Waals surface area (Å²) in [5, 5.41) is 15.0. The summed E-state index contributed by atoms with van der Waals surface area (Å²) >= 11 is 0. The van der Waals surface area contributed by atoms with E-state index >= 15 is 0 Å². The summed E-state index contributed by atoms with van der Waals surface area (Å²) in [4.78, 5) is 14.6. The maximum absolute atomic E-state index is 11.0. The predicted octanol–water partition coefficient (Wildman–Crippen LogP) is 2.59. The van der Waals surface area contributed by atoms with Crippen LogP contribution in [-0.4, -0.2) is 30.2 Å². The molecule has 0 saturated heterocycles. The fraction of sp³-hybridized carbons (Fsp3) is 0.308. The van der Waals surface area contributed by atoms with Gasteiger partial charge in [0, 0.05) is 43.6 Å².